The number of nitrogens with zero attached hydrogens (tertiary/aromatic N) is 4. The van der Waals surface area contributed by atoms with Gasteiger partial charge in [-0.15, -0.1) is 23.1 Å². The van der Waals surface area contributed by atoms with Gasteiger partial charge in [0.1, 0.15) is 17.1 Å². The highest BCUT2D eigenvalue weighted by Crippen LogP contribution is 2.40. The molecule has 1 saturated heterocycles. The maximum atomic E-state index is 12.8. The number of hydrogen-bond acceptors (Lipinski definition) is 12. The topological polar surface area (TPSA) is 182 Å². The summed E-state index contributed by atoms with van der Waals surface area (Å²) in [4.78, 5) is 54.4. The van der Waals surface area contributed by atoms with Crippen LogP contribution in [0.4, 0.5) is 5.13 Å². The molecule has 2 aliphatic heterocycles. The number of carboxylic acid groups (broad SMARTS) is 1. The van der Waals surface area contributed by atoms with Crippen molar-refractivity contribution in [1.29, 1.82) is 0 Å². The summed E-state index contributed by atoms with van der Waals surface area (Å²) in [5.74, 6) is -2.68. The highest BCUT2D eigenvalue weighted by atomic mass is 32.2. The van der Waals surface area contributed by atoms with E-state index in [-0.39, 0.29) is 34.6 Å². The number of nitrogen functional groups attached to an aromatic ring is 1. The minimum absolute atomic E-state index is 0.0362. The summed E-state index contributed by atoms with van der Waals surface area (Å²) in [5.41, 5.74) is 5.33. The molecule has 0 aromatic carbocycles. The van der Waals surface area contributed by atoms with Gasteiger partial charge in [-0.25, -0.2) is 4.98 Å². The minimum atomic E-state index is -1.51. The highest BCUT2D eigenvalue weighted by Gasteiger charge is 2.53. The number of amides is 2. The molecule has 4 rings (SSSR count). The number of anilines is 1. The highest BCUT2D eigenvalue weighted by molar-refractivity contribution is 8.02. The molecule has 2 aromatic rings. The number of ketones is 1. The van der Waals surface area contributed by atoms with Crippen molar-refractivity contribution < 1.29 is 34.1 Å². The number of carbonyl (C=O) groups is 4. The zero-order chi connectivity index (χ0) is 26.7. The van der Waals surface area contributed by atoms with Crippen molar-refractivity contribution in [2.75, 3.05) is 11.5 Å². The van der Waals surface area contributed by atoms with Crippen molar-refractivity contribution in [2.45, 2.75) is 29.8 Å². The van der Waals surface area contributed by atoms with Crippen LogP contribution in [0, 0.1) is 0 Å². The number of allylic oxidation sites excluding steroid dienone is 1. The quantitative estimate of drug-likeness (QED) is 0.0902. The van der Waals surface area contributed by atoms with Crippen LogP contribution in [0.2, 0.25) is 0 Å². The molecule has 0 saturated carbocycles. The van der Waals surface area contributed by atoms with Crippen molar-refractivity contribution in [2.24, 2.45) is 5.16 Å². The third-order valence-corrected chi connectivity index (χ3v) is 8.09. The molecule has 0 radical (unpaired) electrons. The Labute approximate surface area is 222 Å². The minimum Gasteiger partial charge on any atom is -0.543 e. The summed E-state index contributed by atoms with van der Waals surface area (Å²) >= 11 is 3.67. The molecule has 2 aromatic heterocycles. The number of Topliss-reactive ketones (excluding diaryl/α,β-unsaturated/α-hetero) is 1. The van der Waals surface area contributed by atoms with E-state index >= 15 is 0 Å². The van der Waals surface area contributed by atoms with Crippen LogP contribution in [0.25, 0.3) is 0 Å². The Morgan fingerprint density at radius 1 is 1.41 bits per heavy atom. The van der Waals surface area contributed by atoms with Crippen molar-refractivity contribution in [3.8, 4) is 0 Å². The molecule has 4 N–H and O–H groups in total. The zero-order valence-corrected chi connectivity index (χ0v) is 21.6. The van der Waals surface area contributed by atoms with Gasteiger partial charge in [0.25, 0.3) is 11.8 Å². The second-order valence-corrected chi connectivity index (χ2v) is 10.8. The number of hydrogen-bond donors (Lipinski definition) is 3. The van der Waals surface area contributed by atoms with Crippen molar-refractivity contribution in [3.63, 3.8) is 0 Å². The number of pyridine rings is 1. The first-order valence-electron chi connectivity index (χ1n) is 10.6. The molecule has 1 fully saturated rings. The second kappa shape index (κ2) is 11.1. The Morgan fingerprint density at radius 2 is 2.14 bits per heavy atom. The van der Waals surface area contributed by atoms with E-state index < -0.39 is 34.9 Å². The summed E-state index contributed by atoms with van der Waals surface area (Å²) in [5, 5.41) is 29.3. The standard InChI is InChI=1S/C22H20N6O6S3/c1-11(29)8-27-5-2-13(3-6-27)35-7-4-12-9-36-20-16(19(31)28(20)17(12)21(32)33)25-18(30)15(26-34)14-10-37-22(23)24-14/h2-7,10,16,20H,8-9H2,1H3,(H4-,23,24,25,30,32,33,34)/b7-4+/t16-,20-/m1/s1. The molecule has 4 heterocycles. The first-order chi connectivity index (χ1) is 17.7. The molecule has 15 heteroatoms. The van der Waals surface area contributed by atoms with Gasteiger partial charge in [-0.2, -0.15) is 4.57 Å². The summed E-state index contributed by atoms with van der Waals surface area (Å²) in [7, 11) is 0. The second-order valence-electron chi connectivity index (χ2n) is 7.87. The predicted octanol–water partition coefficient (Wildman–Crippen LogP) is -0.510. The largest absolute Gasteiger partial charge is 0.543 e. The maximum Gasteiger partial charge on any atom is 0.276 e. The van der Waals surface area contributed by atoms with E-state index in [1.165, 1.54) is 35.8 Å². The molecular weight excluding hydrogens is 540 g/mol. The molecule has 0 spiro atoms. The molecule has 12 nitrogen and oxygen atoms in total. The summed E-state index contributed by atoms with van der Waals surface area (Å²) in [6, 6.07) is 2.63. The molecular formula is C22H20N6O6S3. The molecule has 2 atom stereocenters. The number of thiazole rings is 1. The van der Waals surface area contributed by atoms with Gasteiger partial charge in [0.15, 0.2) is 29.0 Å². The summed E-state index contributed by atoms with van der Waals surface area (Å²) in [6.45, 7) is 1.78. The first-order valence-corrected chi connectivity index (χ1v) is 13.5. The van der Waals surface area contributed by atoms with E-state index in [0.717, 1.165) is 21.1 Å². The number of fused-ring (bicyclic) bond motifs is 1. The number of carbonyl (C=O) groups excluding carboxylic acids is 4. The number of carboxylic acids is 1. The zero-order valence-electron chi connectivity index (χ0n) is 19.2. The first kappa shape index (κ1) is 26.4. The lowest BCUT2D eigenvalue weighted by molar-refractivity contribution is -0.684. The van der Waals surface area contributed by atoms with Crippen LogP contribution in [0.5, 0.6) is 0 Å². The fourth-order valence-electron chi connectivity index (χ4n) is 3.66. The van der Waals surface area contributed by atoms with Gasteiger partial charge in [0.2, 0.25) is 6.54 Å². The number of nitrogens with one attached hydrogen (secondary N) is 1. The Kier molecular flexibility index (Phi) is 7.94. The molecule has 192 valence electrons. The van der Waals surface area contributed by atoms with E-state index in [1.54, 1.807) is 28.4 Å². The van der Waals surface area contributed by atoms with Crippen LogP contribution in [0.3, 0.4) is 0 Å². The lowest BCUT2D eigenvalue weighted by Crippen LogP contribution is -2.71. The molecule has 2 aliphatic rings. The van der Waals surface area contributed by atoms with Crippen LogP contribution < -0.4 is 20.7 Å². The average molecular weight is 561 g/mol. The third-order valence-electron chi connectivity index (χ3n) is 5.30. The monoisotopic (exact) mass is 560 g/mol. The maximum absolute atomic E-state index is 12.8. The van der Waals surface area contributed by atoms with Gasteiger partial charge in [0.05, 0.1) is 11.7 Å². The number of thioether (sulfide) groups is 2. The molecule has 2 amide bonds. The number of oxime groups is 1. The summed E-state index contributed by atoms with van der Waals surface area (Å²) in [6.07, 6.45) is 5.15. The number of aliphatic carboxylic acids is 1. The summed E-state index contributed by atoms with van der Waals surface area (Å²) < 4.78 is 1.75. The number of rotatable bonds is 9. The number of nitrogens with two attached hydrogens (primary N) is 1. The van der Waals surface area contributed by atoms with Crippen LogP contribution in [0.1, 0.15) is 12.6 Å². The third kappa shape index (κ3) is 5.68. The van der Waals surface area contributed by atoms with Crippen LogP contribution in [-0.4, -0.2) is 61.5 Å². The van der Waals surface area contributed by atoms with Gasteiger partial charge in [-0.3, -0.25) is 19.3 Å². The fourth-order valence-corrected chi connectivity index (χ4v) is 6.19. The Balaban J connectivity index is 1.44. The van der Waals surface area contributed by atoms with E-state index in [9.17, 15) is 29.5 Å². The van der Waals surface area contributed by atoms with Crippen LogP contribution in [0.15, 0.2) is 62.7 Å². The van der Waals surface area contributed by atoms with E-state index in [2.05, 4.69) is 15.5 Å². The Hall–Kier alpha value is -3.69. The predicted molar refractivity (Wildman–Crippen MR) is 134 cm³/mol. The van der Waals surface area contributed by atoms with Crippen molar-refractivity contribution in [1.82, 2.24) is 15.2 Å². The van der Waals surface area contributed by atoms with Gasteiger partial charge in [-0.05, 0) is 17.1 Å². The van der Waals surface area contributed by atoms with E-state index in [0.29, 0.717) is 5.57 Å². The van der Waals surface area contributed by atoms with Crippen LogP contribution in [-0.2, 0) is 25.7 Å². The van der Waals surface area contributed by atoms with Gasteiger partial charge < -0.3 is 26.2 Å². The van der Waals surface area contributed by atoms with Crippen molar-refractivity contribution in [3.05, 3.63) is 58.4 Å². The molecule has 0 unspecified atom stereocenters. The Bertz CT molecular complexity index is 1350. The smallest absolute Gasteiger partial charge is 0.276 e. The molecule has 0 aliphatic carbocycles. The van der Waals surface area contributed by atoms with Gasteiger partial charge >= 0.3 is 0 Å². The van der Waals surface area contributed by atoms with E-state index in [4.69, 9.17) is 5.73 Å². The SMILES string of the molecule is CC(=O)C[n+]1ccc(S/C=C/C2=C(C(=O)[O-])N3C(=O)[C@@H](NC(=O)/C(=N/O)c4csc(N)n4)[C@H]3SC2)cc1. The van der Waals surface area contributed by atoms with Crippen LogP contribution >= 0.6 is 34.9 Å². The number of aromatic nitrogens is 2. The lowest BCUT2D eigenvalue weighted by atomic mass is 10.0. The molecule has 37 heavy (non-hydrogen) atoms. The van der Waals surface area contributed by atoms with Gasteiger partial charge in [-0.1, -0.05) is 16.9 Å². The lowest BCUT2D eigenvalue weighted by Gasteiger charge is -2.50. The van der Waals surface area contributed by atoms with Gasteiger partial charge in [0, 0.05) is 35.1 Å². The average Bonchev–Trinajstić information content (AvgIpc) is 3.28. The molecule has 0 bridgehead atoms. The normalized spacial score (nSPS) is 19.5. The fraction of sp³-hybridized carbons (Fsp3) is 0.227. The Morgan fingerprint density at radius 3 is 2.73 bits per heavy atom. The number of β-lactam (4-membered cyclic amide) rings is 1. The van der Waals surface area contributed by atoms with Crippen molar-refractivity contribution >= 4 is 69.3 Å². The van der Waals surface area contributed by atoms with E-state index in [1.807, 2.05) is 12.1 Å².